The van der Waals surface area contributed by atoms with Crippen LogP contribution >= 0.6 is 7.82 Å². The molecule has 0 aliphatic carbocycles. The maximum atomic E-state index is 12.7. The van der Waals surface area contributed by atoms with Crippen LogP contribution < -0.4 is 11.3 Å². The van der Waals surface area contributed by atoms with E-state index in [0.717, 1.165) is 0 Å². The van der Waals surface area contributed by atoms with E-state index in [1.54, 1.807) is 0 Å². The van der Waals surface area contributed by atoms with Gasteiger partial charge in [0.05, 0.1) is 0 Å². The summed E-state index contributed by atoms with van der Waals surface area (Å²) >= 11 is -98.5. The van der Waals surface area contributed by atoms with Gasteiger partial charge in [-0.15, -0.1) is 0 Å². The van der Waals surface area contributed by atoms with Crippen molar-refractivity contribution in [3.63, 3.8) is 0 Å². The molecule has 54 heteroatoms. The Morgan fingerprint density at radius 1 is 0.259 bits per heavy atom. The average molecular weight is 1930 g/mol. The third-order valence-corrected chi connectivity index (χ3v) is 62.2. The standard InChI is InChI=1S/Cd.12Mo.H3O4P.36O/c;;;;;;;;;;;;;1-5(2,3)4;;;;;;;;;;;;;;;;;;;;;;;;;;;;;;;;;;;;/h;;;;;;;;;;;;;(H3,1,2,3,4);;;;;;;;;;;;;;;;;;;;;;;;;;;;;;;;;;;;/q+2;;;;;;;;;;3*+1;;;;;;;;;;;;;;;;;;;;;;;;;;;;;;;;;;;3*-1/p-3. The van der Waals surface area contributed by atoms with Crippen molar-refractivity contribution in [3.8, 4) is 0 Å². The summed E-state index contributed by atoms with van der Waals surface area (Å²) in [4.78, 5) is 0. The van der Waals surface area contributed by atoms with E-state index in [1.807, 2.05) is 0 Å². The van der Waals surface area contributed by atoms with Gasteiger partial charge >= 0.3 is 361 Å². The third kappa shape index (κ3) is 29.3. The molecule has 54 heavy (non-hydrogen) atoms. The predicted molar refractivity (Wildman–Crippen MR) is 37.1 cm³/mol. The van der Waals surface area contributed by atoms with Gasteiger partial charge in [-0.2, -0.15) is 0 Å². The normalized spacial score (nSPS) is 15.3. The summed E-state index contributed by atoms with van der Waals surface area (Å²) < 4.78 is 351. The fraction of sp³-hybridized carbons (Fsp3) is 0. The summed E-state index contributed by atoms with van der Waals surface area (Å²) in [5.41, 5.74) is 0. The minimum absolute atomic E-state index is 0. The average Bonchev–Trinajstić information content (AvgIpc) is 2.58. The van der Waals surface area contributed by atoms with Crippen LogP contribution in [0.4, 0.5) is 0 Å². The van der Waals surface area contributed by atoms with Crippen LogP contribution in [0.3, 0.4) is 0 Å². The molecule has 40 nitrogen and oxygen atoms in total. The molecule has 0 aliphatic heterocycles. The molecule has 0 aromatic rings. The van der Waals surface area contributed by atoms with Crippen LogP contribution in [-0.2, 0) is 342 Å². The van der Waals surface area contributed by atoms with Crippen molar-refractivity contribution in [2.75, 3.05) is 0 Å². The Bertz CT molecular complexity index is 2510. The van der Waals surface area contributed by atoms with Crippen LogP contribution in [0.25, 0.3) is 0 Å². The van der Waals surface area contributed by atoms with Crippen molar-refractivity contribution >= 4 is 7.82 Å². The van der Waals surface area contributed by atoms with E-state index >= 15 is 0 Å². The molecule has 0 radical (unpaired) electrons. The maximum Gasteiger partial charge on any atom is 2.00 e. The summed E-state index contributed by atoms with van der Waals surface area (Å²) in [7, 11) is -7.94. The zero-order chi connectivity index (χ0) is 43.0. The van der Waals surface area contributed by atoms with Crippen molar-refractivity contribution in [2.45, 2.75) is 0 Å². The van der Waals surface area contributed by atoms with Crippen molar-refractivity contribution in [1.29, 1.82) is 0 Å². The fourth-order valence-electron chi connectivity index (χ4n) is 1.40. The molecular weight excluding hydrogens is 1930 g/mol. The van der Waals surface area contributed by atoms with Crippen LogP contribution in [0.5, 0.6) is 0 Å². The van der Waals surface area contributed by atoms with Gasteiger partial charge in [-0.1, -0.05) is 0 Å². The van der Waals surface area contributed by atoms with E-state index in [0.29, 0.717) is 0 Å². The number of phosphoric acid groups is 1. The Kier molecular flexibility index (Phi) is 22.5. The Hall–Kier alpha value is 4.01. The summed E-state index contributed by atoms with van der Waals surface area (Å²) in [6.07, 6.45) is 0. The molecular formula is CdMo12O40P-. The van der Waals surface area contributed by atoms with Crippen LogP contribution in [0.15, 0.2) is 0 Å². The summed E-state index contributed by atoms with van der Waals surface area (Å²) in [5, 5.41) is 0. The topological polar surface area (TPSA) is 607 Å². The van der Waals surface area contributed by atoms with E-state index in [4.69, 9.17) is 0 Å². The van der Waals surface area contributed by atoms with Gasteiger partial charge in [-0.05, 0) is 0 Å². The molecule has 0 rings (SSSR count). The molecule has 0 aliphatic rings. The van der Waals surface area contributed by atoms with E-state index in [1.165, 1.54) is 0 Å². The zero-order valence-corrected chi connectivity index (χ0v) is 51.4. The van der Waals surface area contributed by atoms with E-state index in [2.05, 4.69) is 27.9 Å². The van der Waals surface area contributed by atoms with Gasteiger partial charge in [-0.25, -0.2) is 0 Å². The smallest absolute Gasteiger partial charge is 2.00 e. The molecule has 0 spiro atoms. The fourth-order valence-corrected chi connectivity index (χ4v) is 60.0. The first-order chi connectivity index (χ1) is 22.5. The second kappa shape index (κ2) is 20.2. The molecule has 0 atom stereocenters. The first-order valence-corrected chi connectivity index (χ1v) is 49.5. The molecule has 0 heterocycles. The van der Waals surface area contributed by atoms with E-state index < -0.39 is 209 Å². The monoisotopic (exact) mass is 1960 g/mol. The molecule has 0 N–H and O–H groups in total. The third-order valence-electron chi connectivity index (χ3n) is 2.05. The molecule has 0 saturated heterocycles. The van der Waals surface area contributed by atoms with Gasteiger partial charge in [0, 0.05) is 0 Å². The zero-order valence-electron chi connectivity index (χ0n) is 22.4. The second-order valence-electron chi connectivity index (χ2n) is 6.18. The van der Waals surface area contributed by atoms with Gasteiger partial charge < -0.3 is 0 Å². The Morgan fingerprint density at radius 2 is 0.389 bits per heavy atom. The van der Waals surface area contributed by atoms with Crippen molar-refractivity contribution in [1.82, 2.24) is 0 Å². The quantitative estimate of drug-likeness (QED) is 0.0640. The van der Waals surface area contributed by atoms with E-state index in [-0.39, 0.29) is 27.3 Å². The van der Waals surface area contributed by atoms with Gasteiger partial charge in [0.1, 0.15) is 0 Å². The number of rotatable bonds is 24. The van der Waals surface area contributed by atoms with Gasteiger partial charge in [0.2, 0.25) is 0 Å². The maximum absolute atomic E-state index is 12.7. The van der Waals surface area contributed by atoms with Crippen molar-refractivity contribution in [2.24, 2.45) is 0 Å². The van der Waals surface area contributed by atoms with E-state index in [9.17, 15) is 97.4 Å². The van der Waals surface area contributed by atoms with Crippen LogP contribution in [0, 0.1) is 0 Å². The molecule has 0 aromatic carbocycles. The molecule has 0 aromatic heterocycles. The van der Waals surface area contributed by atoms with Crippen LogP contribution in [-0.4, -0.2) is 0 Å². The largest absolute Gasteiger partial charge is 2.00 e. The van der Waals surface area contributed by atoms with Crippen LogP contribution in [0.1, 0.15) is 0 Å². The minimum Gasteiger partial charge on any atom is 2.00 e. The Balaban J connectivity index is 0. The molecule has 0 bridgehead atoms. The van der Waals surface area contributed by atoms with Gasteiger partial charge in [0.25, 0.3) is 0 Å². The number of hydrogen-bond acceptors (Lipinski definition) is 40. The molecule has 0 saturated carbocycles. The SMILES string of the molecule is O=P([O][Mo](=[O])(=[O])[O][Mo](=[O])(=[O])[O][Mo](=[O])(=[O])[O][Mo](=[O])(=[O])[O-])([O][Mo](=[O])(=[O])[O][Mo](=[O])(=[O])[O][Mo](=[O])(=[O])[O][Mo](=[O])(=[O])[O-])[O][Mo](=[O])(=[O])[O][Mo](=[O])(=[O])[O][Mo](=[O])(=[O])[O][Mo](=[O])(=[O])[O-].[Cd+2]. The Labute approximate surface area is 354 Å². The van der Waals surface area contributed by atoms with Gasteiger partial charge in [-0.3, -0.25) is 0 Å². The molecule has 320 valence electrons. The van der Waals surface area contributed by atoms with Gasteiger partial charge in [0.15, 0.2) is 0 Å². The molecule has 0 fully saturated rings. The Morgan fingerprint density at radius 3 is 0.537 bits per heavy atom. The second-order valence-corrected chi connectivity index (χ2v) is 55.7. The summed E-state index contributed by atoms with van der Waals surface area (Å²) in [6.45, 7) is 0. The predicted octanol–water partition coefficient (Wildman–Crippen LogP) is -6.53. The summed E-state index contributed by atoms with van der Waals surface area (Å²) in [5.74, 6) is 0. The summed E-state index contributed by atoms with van der Waals surface area (Å²) in [6, 6.07) is 0. The molecule has 0 amide bonds. The van der Waals surface area contributed by atoms with Crippen molar-refractivity contribution in [3.05, 3.63) is 0 Å². The first-order valence-electron chi connectivity index (χ1n) is 8.73. The molecule has 0 unspecified atom stereocenters. The van der Waals surface area contributed by atoms with Crippen molar-refractivity contribution < 1.29 is 354 Å². The first kappa shape index (κ1) is 60.1. The van der Waals surface area contributed by atoms with Crippen LogP contribution in [0.2, 0.25) is 0 Å². The minimum atomic E-state index is -8.82. The number of hydrogen-bond donors (Lipinski definition) is 0.